The van der Waals surface area contributed by atoms with Crippen LogP contribution < -0.4 is 10.1 Å². The number of nitriles is 1. The molecule has 0 saturated carbocycles. The minimum atomic E-state index is -1.06. The number of hydrogen-bond donors (Lipinski definition) is 2. The first-order valence-corrected chi connectivity index (χ1v) is 15.0. The molecule has 3 aromatic heterocycles. The average molecular weight is 643 g/mol. The standard InChI is InChI=1S/C30H29F3N6O5S/c1-30(2,3)44-29(41)38-27-16(7-34)22-25(35-9-20(32)26(22)45-27)21-19-13-42-12-18(19)17-8-36-28(37-24(17)23(21)33)43-11-15-6-14(31)10-39(15)4-5-40/h8-9,14-15,40H,4-6,10-13H2,1-3H3,(H,38,41)/t14-,15-/m0/s1. The van der Waals surface area contributed by atoms with E-state index < -0.39 is 29.5 Å². The number of thiophene rings is 1. The van der Waals surface area contributed by atoms with Gasteiger partial charge in [0.2, 0.25) is 0 Å². The number of amides is 1. The van der Waals surface area contributed by atoms with Crippen molar-refractivity contribution in [2.45, 2.75) is 58.2 Å². The Morgan fingerprint density at radius 3 is 2.78 bits per heavy atom. The molecule has 11 nitrogen and oxygen atoms in total. The van der Waals surface area contributed by atoms with Crippen molar-refractivity contribution in [1.82, 2.24) is 19.9 Å². The SMILES string of the molecule is CC(C)(C)OC(=O)Nc1sc2c(F)cnc(-c3c4c(c5cnc(OC[C@@H]6C[C@H](F)CN6CCO)nc5c3F)COC4)c2c1C#N. The van der Waals surface area contributed by atoms with E-state index in [0.717, 1.165) is 17.5 Å². The van der Waals surface area contributed by atoms with Crippen LogP contribution in [0.1, 0.15) is 43.9 Å². The van der Waals surface area contributed by atoms with Crippen molar-refractivity contribution in [3.8, 4) is 23.3 Å². The summed E-state index contributed by atoms with van der Waals surface area (Å²) in [5.41, 5.74) is 0.00722. The van der Waals surface area contributed by atoms with E-state index >= 15 is 8.78 Å². The van der Waals surface area contributed by atoms with Gasteiger partial charge in [-0.25, -0.2) is 22.9 Å². The number of β-amino-alcohol motifs (C(OH)–C–C–N with tert-alkyl or cyclic N) is 1. The lowest BCUT2D eigenvalue weighted by molar-refractivity contribution is 0.0636. The van der Waals surface area contributed by atoms with Gasteiger partial charge < -0.3 is 19.3 Å². The van der Waals surface area contributed by atoms with Gasteiger partial charge in [0, 0.05) is 41.7 Å². The summed E-state index contributed by atoms with van der Waals surface area (Å²) in [6.07, 6.45) is 0.689. The summed E-state index contributed by atoms with van der Waals surface area (Å²) in [6, 6.07) is 1.56. The van der Waals surface area contributed by atoms with Crippen LogP contribution >= 0.6 is 11.3 Å². The first kappa shape index (κ1) is 30.9. The highest BCUT2D eigenvalue weighted by molar-refractivity contribution is 7.23. The molecular weight excluding hydrogens is 613 g/mol. The number of ether oxygens (including phenoxy) is 3. The molecule has 0 bridgehead atoms. The molecule has 1 saturated heterocycles. The fourth-order valence-corrected chi connectivity index (χ4v) is 6.77. The molecule has 236 valence electrons. The topological polar surface area (TPSA) is 143 Å². The van der Waals surface area contributed by atoms with Gasteiger partial charge in [0.25, 0.3) is 0 Å². The zero-order valence-corrected chi connectivity index (χ0v) is 25.4. The van der Waals surface area contributed by atoms with Crippen LogP contribution in [-0.2, 0) is 22.7 Å². The molecule has 0 radical (unpaired) electrons. The molecule has 2 aliphatic rings. The molecule has 45 heavy (non-hydrogen) atoms. The predicted octanol–water partition coefficient (Wildman–Crippen LogP) is 5.22. The number of carbonyl (C=O) groups excluding carboxylic acids is 1. The summed E-state index contributed by atoms with van der Waals surface area (Å²) in [5.74, 6) is -1.55. The monoisotopic (exact) mass is 642 g/mol. The number of hydrogen-bond acceptors (Lipinski definition) is 11. The van der Waals surface area contributed by atoms with Crippen molar-refractivity contribution in [1.29, 1.82) is 5.26 Å². The number of nitrogens with zero attached hydrogens (tertiary/aromatic N) is 5. The second-order valence-electron chi connectivity index (χ2n) is 11.8. The number of alkyl halides is 1. The summed E-state index contributed by atoms with van der Waals surface area (Å²) in [6.45, 7) is 5.56. The third-order valence-electron chi connectivity index (χ3n) is 7.58. The maximum Gasteiger partial charge on any atom is 0.412 e. The molecule has 2 aliphatic heterocycles. The third-order valence-corrected chi connectivity index (χ3v) is 8.69. The van der Waals surface area contributed by atoms with Crippen molar-refractivity contribution in [3.63, 3.8) is 0 Å². The minimum absolute atomic E-state index is 0.00311. The minimum Gasteiger partial charge on any atom is -0.462 e. The summed E-state index contributed by atoms with van der Waals surface area (Å²) in [5, 5.41) is 22.4. The lowest BCUT2D eigenvalue weighted by Crippen LogP contribution is -2.36. The molecule has 0 aliphatic carbocycles. The fourth-order valence-electron chi connectivity index (χ4n) is 5.73. The average Bonchev–Trinajstić information content (AvgIpc) is 3.69. The second kappa shape index (κ2) is 12.0. The van der Waals surface area contributed by atoms with Crippen LogP contribution in [0.5, 0.6) is 6.01 Å². The molecular formula is C30H29F3N6O5S. The first-order valence-electron chi connectivity index (χ1n) is 14.2. The van der Waals surface area contributed by atoms with Gasteiger partial charge in [-0.1, -0.05) is 0 Å². The number of aromatic nitrogens is 3. The molecule has 0 unspecified atom stereocenters. The maximum absolute atomic E-state index is 16.6. The lowest BCUT2D eigenvalue weighted by atomic mass is 9.94. The number of fused-ring (bicyclic) bond motifs is 4. The van der Waals surface area contributed by atoms with Gasteiger partial charge in [0.05, 0.1) is 42.0 Å². The quantitative estimate of drug-likeness (QED) is 0.276. The number of carbonyl (C=O) groups is 1. The summed E-state index contributed by atoms with van der Waals surface area (Å²) < 4.78 is 62.5. The molecule has 1 fully saturated rings. The van der Waals surface area contributed by atoms with Gasteiger partial charge >= 0.3 is 12.1 Å². The van der Waals surface area contributed by atoms with Crippen LogP contribution in [0.4, 0.5) is 23.0 Å². The van der Waals surface area contributed by atoms with E-state index in [4.69, 9.17) is 14.2 Å². The largest absolute Gasteiger partial charge is 0.462 e. The van der Waals surface area contributed by atoms with Crippen molar-refractivity contribution in [3.05, 3.63) is 40.7 Å². The van der Waals surface area contributed by atoms with E-state index in [1.165, 1.54) is 6.20 Å². The second-order valence-corrected chi connectivity index (χ2v) is 12.8. The molecule has 15 heteroatoms. The van der Waals surface area contributed by atoms with E-state index in [2.05, 4.69) is 20.3 Å². The lowest BCUT2D eigenvalue weighted by Gasteiger charge is -2.22. The number of likely N-dealkylation sites (tertiary alicyclic amines) is 1. The van der Waals surface area contributed by atoms with Crippen LogP contribution in [0.25, 0.3) is 32.2 Å². The predicted molar refractivity (Wildman–Crippen MR) is 159 cm³/mol. The molecule has 0 spiro atoms. The number of aliphatic hydroxyl groups is 1. The number of anilines is 1. The van der Waals surface area contributed by atoms with Crippen LogP contribution in [0.3, 0.4) is 0 Å². The Hall–Kier alpha value is -4.10. The van der Waals surface area contributed by atoms with Gasteiger partial charge in [-0.3, -0.25) is 15.2 Å². The molecule has 1 amide bonds. The van der Waals surface area contributed by atoms with Crippen LogP contribution in [0, 0.1) is 23.0 Å². The van der Waals surface area contributed by atoms with Gasteiger partial charge in [-0.2, -0.15) is 10.2 Å². The van der Waals surface area contributed by atoms with Crippen LogP contribution in [0.2, 0.25) is 0 Å². The highest BCUT2D eigenvalue weighted by atomic mass is 32.1. The van der Waals surface area contributed by atoms with Gasteiger partial charge in [0.15, 0.2) is 11.6 Å². The van der Waals surface area contributed by atoms with E-state index in [0.29, 0.717) is 23.1 Å². The summed E-state index contributed by atoms with van der Waals surface area (Å²) >= 11 is 0.811. The van der Waals surface area contributed by atoms with Crippen LogP contribution in [0.15, 0.2) is 12.4 Å². The molecule has 1 aromatic carbocycles. The van der Waals surface area contributed by atoms with Crippen molar-refractivity contribution < 1.29 is 37.3 Å². The van der Waals surface area contributed by atoms with E-state index in [1.54, 1.807) is 25.7 Å². The number of halogens is 3. The number of benzene rings is 1. The zero-order chi connectivity index (χ0) is 32.0. The van der Waals surface area contributed by atoms with Gasteiger partial charge in [0.1, 0.15) is 35.0 Å². The smallest absolute Gasteiger partial charge is 0.412 e. The Balaban J connectivity index is 1.44. The first-order chi connectivity index (χ1) is 21.5. The molecule has 4 aromatic rings. The third kappa shape index (κ3) is 5.86. The number of pyridine rings is 1. The Kier molecular flexibility index (Phi) is 8.25. The number of nitrogens with one attached hydrogen (secondary N) is 1. The van der Waals surface area contributed by atoms with E-state index in [-0.39, 0.29) is 88.9 Å². The summed E-state index contributed by atoms with van der Waals surface area (Å²) in [7, 11) is 0. The zero-order valence-electron chi connectivity index (χ0n) is 24.6. The van der Waals surface area contributed by atoms with Gasteiger partial charge in [-0.15, -0.1) is 11.3 Å². The molecule has 5 heterocycles. The highest BCUT2D eigenvalue weighted by Crippen LogP contribution is 2.45. The van der Waals surface area contributed by atoms with Crippen LogP contribution in [-0.4, -0.2) is 75.2 Å². The van der Waals surface area contributed by atoms with Crippen molar-refractivity contribution in [2.75, 3.05) is 31.6 Å². The Morgan fingerprint density at radius 2 is 2.04 bits per heavy atom. The maximum atomic E-state index is 16.6. The number of rotatable bonds is 7. The fraction of sp³-hybridized carbons (Fsp3) is 0.433. The normalized spacial score (nSPS) is 18.4. The van der Waals surface area contributed by atoms with E-state index in [9.17, 15) is 19.6 Å². The molecule has 2 N–H and O–H groups in total. The summed E-state index contributed by atoms with van der Waals surface area (Å²) in [4.78, 5) is 27.1. The Bertz CT molecular complexity index is 1860. The van der Waals surface area contributed by atoms with Gasteiger partial charge in [-0.05, 0) is 38.3 Å². The number of aliphatic hydroxyl groups excluding tert-OH is 1. The van der Waals surface area contributed by atoms with Crippen molar-refractivity contribution in [2.24, 2.45) is 0 Å². The Morgan fingerprint density at radius 1 is 1.27 bits per heavy atom. The highest BCUT2D eigenvalue weighted by Gasteiger charge is 2.33. The van der Waals surface area contributed by atoms with Crippen molar-refractivity contribution >= 4 is 43.4 Å². The molecule has 6 rings (SSSR count). The Labute approximate surface area is 259 Å². The molecule has 2 atom stereocenters. The van der Waals surface area contributed by atoms with E-state index in [1.807, 2.05) is 6.07 Å².